The van der Waals surface area contributed by atoms with Gasteiger partial charge in [-0.15, -0.1) is 0 Å². The van der Waals surface area contributed by atoms with Gasteiger partial charge in [-0.3, -0.25) is 9.80 Å². The molecule has 3 heteroatoms. The number of hydrogen-bond acceptors (Lipinski definition) is 2. The van der Waals surface area contributed by atoms with E-state index in [1.807, 2.05) is 0 Å². The molecule has 2 nitrogen and oxygen atoms in total. The van der Waals surface area contributed by atoms with Crippen molar-refractivity contribution in [2.45, 2.75) is 180 Å². The van der Waals surface area contributed by atoms with Gasteiger partial charge in [-0.2, -0.15) is 0 Å². The Morgan fingerprint density at radius 3 is 1.18 bits per heavy atom. The Morgan fingerprint density at radius 2 is 0.822 bits per heavy atom. The van der Waals surface area contributed by atoms with Gasteiger partial charge in [0.25, 0.3) is 0 Å². The van der Waals surface area contributed by atoms with Gasteiger partial charge in [0.05, 0.1) is 8.07 Å². The van der Waals surface area contributed by atoms with Crippen molar-refractivity contribution in [1.29, 1.82) is 0 Å². The lowest BCUT2D eigenvalue weighted by Crippen LogP contribution is -2.54. The fraction of sp³-hybridized carbons (Fsp3) is 1.00. The van der Waals surface area contributed by atoms with Crippen LogP contribution in [0.2, 0.25) is 24.2 Å². The first-order valence-electron chi connectivity index (χ1n) is 20.6. The van der Waals surface area contributed by atoms with Crippen molar-refractivity contribution in [3.63, 3.8) is 0 Å². The molecule has 8 aliphatic rings. The Bertz CT molecular complexity index is 1020. The molecule has 2 heterocycles. The molecule has 45 heavy (non-hydrogen) atoms. The van der Waals surface area contributed by atoms with Crippen LogP contribution in [0.1, 0.15) is 131 Å². The van der Waals surface area contributed by atoms with Crippen LogP contribution in [0.3, 0.4) is 0 Å². The van der Waals surface area contributed by atoms with Crippen molar-refractivity contribution in [2.24, 2.45) is 70.0 Å². The summed E-state index contributed by atoms with van der Waals surface area (Å²) in [5.41, 5.74) is 3.04. The second-order valence-corrected chi connectivity index (χ2v) is 26.8. The van der Waals surface area contributed by atoms with Crippen LogP contribution >= 0.6 is 0 Å². The quantitative estimate of drug-likeness (QED) is 0.279. The van der Waals surface area contributed by atoms with E-state index in [-0.39, 0.29) is 0 Å². The van der Waals surface area contributed by atoms with E-state index >= 15 is 0 Å². The molecule has 2 aliphatic heterocycles. The average Bonchev–Trinajstić information content (AvgIpc) is 3.68. The highest BCUT2D eigenvalue weighted by atomic mass is 28.3. The van der Waals surface area contributed by atoms with Crippen LogP contribution < -0.4 is 0 Å². The van der Waals surface area contributed by atoms with Crippen LogP contribution in [-0.2, 0) is 0 Å². The first kappa shape index (κ1) is 32.3. The van der Waals surface area contributed by atoms with Crippen LogP contribution in [0.5, 0.6) is 0 Å². The van der Waals surface area contributed by atoms with Crippen LogP contribution in [-0.4, -0.2) is 56.1 Å². The molecule has 0 radical (unpaired) electrons. The van der Waals surface area contributed by atoms with Gasteiger partial charge in [-0.05, 0) is 147 Å². The normalized spacial score (nSPS) is 52.1. The minimum Gasteiger partial charge on any atom is -0.300 e. The summed E-state index contributed by atoms with van der Waals surface area (Å²) in [6.07, 6.45) is 21.4. The zero-order chi connectivity index (χ0) is 31.8. The SMILES string of the molecule is CN1C2CCC(C(C)(C)C)CC2C2C3CCCCC3C([Si](C)(C)C3C4CCCCC4C4C5CC(C(C)(C)C)CCC5N(C)C43)C21. The third-order valence-corrected chi connectivity index (χ3v) is 23.0. The van der Waals surface area contributed by atoms with E-state index in [9.17, 15) is 0 Å². The van der Waals surface area contributed by atoms with Gasteiger partial charge in [0.2, 0.25) is 0 Å². The molecule has 0 bridgehead atoms. The molecule has 0 N–H and O–H groups in total. The largest absolute Gasteiger partial charge is 0.300 e. The Labute approximate surface area is 281 Å². The highest BCUT2D eigenvalue weighted by Crippen LogP contribution is 2.71. The molecule has 2 saturated heterocycles. The molecule has 8 rings (SSSR count). The zero-order valence-electron chi connectivity index (χ0n) is 31.5. The molecule has 0 aromatic rings. The number of nitrogens with zero attached hydrogens (tertiary/aromatic N) is 2. The topological polar surface area (TPSA) is 6.48 Å². The summed E-state index contributed by atoms with van der Waals surface area (Å²) < 4.78 is 0. The summed E-state index contributed by atoms with van der Waals surface area (Å²) >= 11 is 0. The Morgan fingerprint density at radius 1 is 0.467 bits per heavy atom. The predicted molar refractivity (Wildman–Crippen MR) is 194 cm³/mol. The summed E-state index contributed by atoms with van der Waals surface area (Å²) in [5, 5.41) is 0. The van der Waals surface area contributed by atoms with E-state index < -0.39 is 8.07 Å². The fourth-order valence-corrected chi connectivity index (χ4v) is 22.5. The second-order valence-electron chi connectivity index (χ2n) is 21.8. The summed E-state index contributed by atoms with van der Waals surface area (Å²) in [7, 11) is 3.70. The summed E-state index contributed by atoms with van der Waals surface area (Å²) in [5.74, 6) is 10.1. The lowest BCUT2D eigenvalue weighted by Gasteiger charge is -2.51. The highest BCUT2D eigenvalue weighted by Gasteiger charge is 2.70. The number of likely N-dealkylation sites (tertiary alicyclic amines) is 2. The standard InChI is InChI=1S/C42H74N2Si/c1-41(2,3)25-19-21-33-31(23-25)35-27-15-11-13-17-29(27)39(37(35)43(33)7)45(9,10)40-30-18-14-12-16-28(30)36-32-24-26(42(4,5)6)20-22-34(32)44(8)38(36)40/h25-40H,11-24H2,1-10H3. The van der Waals surface area contributed by atoms with Gasteiger partial charge in [-0.1, -0.05) is 93.2 Å². The molecule has 6 aliphatic carbocycles. The number of hydrogen-bond donors (Lipinski definition) is 0. The van der Waals surface area contributed by atoms with Crippen molar-refractivity contribution in [2.75, 3.05) is 14.1 Å². The smallest absolute Gasteiger partial charge is 0.0574 e. The van der Waals surface area contributed by atoms with Crippen molar-refractivity contribution in [3.05, 3.63) is 0 Å². The third-order valence-electron chi connectivity index (χ3n) is 18.1. The molecule has 6 saturated carbocycles. The average molecular weight is 635 g/mol. The van der Waals surface area contributed by atoms with Crippen LogP contribution in [0, 0.1) is 70.0 Å². The Kier molecular flexibility index (Phi) is 7.96. The van der Waals surface area contributed by atoms with Gasteiger partial charge in [0.1, 0.15) is 0 Å². The van der Waals surface area contributed by atoms with E-state index in [4.69, 9.17) is 0 Å². The Balaban J connectivity index is 1.16. The number of rotatable bonds is 2. The molecule has 0 spiro atoms. The van der Waals surface area contributed by atoms with Gasteiger partial charge >= 0.3 is 0 Å². The maximum atomic E-state index is 3.13. The minimum atomic E-state index is -1.63. The zero-order valence-corrected chi connectivity index (χ0v) is 32.5. The van der Waals surface area contributed by atoms with Gasteiger partial charge < -0.3 is 0 Å². The van der Waals surface area contributed by atoms with Crippen LogP contribution in [0.15, 0.2) is 0 Å². The minimum absolute atomic E-state index is 0.476. The number of fused-ring (bicyclic) bond motifs is 10. The van der Waals surface area contributed by atoms with Crippen LogP contribution in [0.25, 0.3) is 0 Å². The molecule has 8 fully saturated rings. The molecule has 0 aromatic heterocycles. The summed E-state index contributed by atoms with van der Waals surface area (Å²) in [6.45, 7) is 21.4. The first-order chi connectivity index (χ1) is 21.2. The monoisotopic (exact) mass is 635 g/mol. The highest BCUT2D eigenvalue weighted by molar-refractivity contribution is 6.80. The van der Waals surface area contributed by atoms with E-state index in [0.29, 0.717) is 10.8 Å². The van der Waals surface area contributed by atoms with Crippen molar-refractivity contribution in [1.82, 2.24) is 9.80 Å². The van der Waals surface area contributed by atoms with Gasteiger partial charge in [-0.25, -0.2) is 0 Å². The molecule has 16 atom stereocenters. The van der Waals surface area contributed by atoms with Crippen molar-refractivity contribution in [3.8, 4) is 0 Å². The Hall–Kier alpha value is 0.137. The summed E-state index contributed by atoms with van der Waals surface area (Å²) in [6, 6.07) is 3.60. The maximum Gasteiger partial charge on any atom is 0.0574 e. The molecule has 0 aromatic carbocycles. The van der Waals surface area contributed by atoms with Crippen LogP contribution in [0.4, 0.5) is 0 Å². The second kappa shape index (κ2) is 11.1. The van der Waals surface area contributed by atoms with E-state index in [1.54, 1.807) is 25.7 Å². The third kappa shape index (κ3) is 4.77. The lowest BCUT2D eigenvalue weighted by atomic mass is 9.63. The summed E-state index contributed by atoms with van der Waals surface area (Å²) in [4.78, 5) is 6.26. The lowest BCUT2D eigenvalue weighted by molar-refractivity contribution is 0.0673. The van der Waals surface area contributed by atoms with E-state index in [2.05, 4.69) is 78.5 Å². The molecular formula is C42H74N2Si. The first-order valence-corrected chi connectivity index (χ1v) is 23.8. The van der Waals surface area contributed by atoms with Crippen molar-refractivity contribution < 1.29 is 0 Å². The fourth-order valence-electron chi connectivity index (χ4n) is 16.3. The predicted octanol–water partition coefficient (Wildman–Crippen LogP) is 10.6. The molecule has 0 amide bonds. The molecular weight excluding hydrogens is 561 g/mol. The molecule has 256 valence electrons. The van der Waals surface area contributed by atoms with Gasteiger partial charge in [0, 0.05) is 24.2 Å². The van der Waals surface area contributed by atoms with Gasteiger partial charge in [0.15, 0.2) is 0 Å². The molecule has 16 unspecified atom stereocenters. The van der Waals surface area contributed by atoms with E-state index in [1.165, 1.54) is 64.2 Å². The maximum absolute atomic E-state index is 3.13. The van der Waals surface area contributed by atoms with Crippen molar-refractivity contribution >= 4 is 8.07 Å². The van der Waals surface area contributed by atoms with E-state index in [0.717, 1.165) is 94.4 Å².